The molecule has 0 saturated carbocycles. The lowest BCUT2D eigenvalue weighted by Gasteiger charge is -2.11. The summed E-state index contributed by atoms with van der Waals surface area (Å²) in [6.45, 7) is 3.54. The summed E-state index contributed by atoms with van der Waals surface area (Å²) in [4.78, 5) is 34.5. The van der Waals surface area contributed by atoms with Crippen molar-refractivity contribution in [3.05, 3.63) is 34.9 Å². The van der Waals surface area contributed by atoms with Gasteiger partial charge in [-0.05, 0) is 18.6 Å². The van der Waals surface area contributed by atoms with Crippen molar-refractivity contribution in [1.82, 2.24) is 0 Å². The lowest BCUT2D eigenvalue weighted by atomic mass is 9.94. The van der Waals surface area contributed by atoms with E-state index in [9.17, 15) is 14.4 Å². The highest BCUT2D eigenvalue weighted by Crippen LogP contribution is 2.19. The molecular weight excluding hydrogens is 248 g/mol. The van der Waals surface area contributed by atoms with Gasteiger partial charge >= 0.3 is 11.9 Å². The second-order valence-corrected chi connectivity index (χ2v) is 3.90. The lowest BCUT2D eigenvalue weighted by molar-refractivity contribution is -0.136. The third-order valence-electron chi connectivity index (χ3n) is 2.62. The minimum Gasteiger partial charge on any atom is -0.481 e. The predicted molar refractivity (Wildman–Crippen MR) is 68.4 cm³/mol. The summed E-state index contributed by atoms with van der Waals surface area (Å²) in [5, 5.41) is 8.92. The number of esters is 1. The Kier molecular flexibility index (Phi) is 5.23. The van der Waals surface area contributed by atoms with Gasteiger partial charge in [0.2, 0.25) is 0 Å². The van der Waals surface area contributed by atoms with E-state index >= 15 is 0 Å². The van der Waals surface area contributed by atoms with Crippen LogP contribution in [0.25, 0.3) is 0 Å². The molecule has 0 aliphatic carbocycles. The van der Waals surface area contributed by atoms with E-state index in [2.05, 4.69) is 0 Å². The number of carboxylic acids is 1. The van der Waals surface area contributed by atoms with Crippen molar-refractivity contribution in [3.63, 3.8) is 0 Å². The minimum absolute atomic E-state index is 0.142. The average molecular weight is 264 g/mol. The van der Waals surface area contributed by atoms with E-state index in [1.165, 1.54) is 12.1 Å². The number of ether oxygens (including phenoxy) is 1. The van der Waals surface area contributed by atoms with E-state index in [0.29, 0.717) is 0 Å². The molecule has 0 radical (unpaired) electrons. The molecule has 0 amide bonds. The summed E-state index contributed by atoms with van der Waals surface area (Å²) in [5.74, 6) is -1.89. The number of ketones is 1. The van der Waals surface area contributed by atoms with E-state index in [0.717, 1.165) is 0 Å². The van der Waals surface area contributed by atoms with Crippen molar-refractivity contribution in [3.8, 4) is 0 Å². The SMILES string of the molecule is CCOC(=O)c1cccc(C(=O)CC)c1CC(=O)O. The standard InChI is InChI=1S/C14H16O5/c1-3-12(15)9-6-5-7-10(14(18)19-4-2)11(9)8-13(16)17/h5-7H,3-4,8H2,1-2H3,(H,16,17). The lowest BCUT2D eigenvalue weighted by Crippen LogP contribution is -2.15. The first kappa shape index (κ1) is 14.9. The van der Waals surface area contributed by atoms with Crippen LogP contribution < -0.4 is 0 Å². The Morgan fingerprint density at radius 3 is 2.32 bits per heavy atom. The predicted octanol–water partition coefficient (Wildman–Crippen LogP) is 2.08. The number of aliphatic carboxylic acids is 1. The van der Waals surface area contributed by atoms with Crippen LogP contribution >= 0.6 is 0 Å². The van der Waals surface area contributed by atoms with Crippen LogP contribution in [-0.4, -0.2) is 29.4 Å². The Morgan fingerprint density at radius 2 is 1.79 bits per heavy atom. The van der Waals surface area contributed by atoms with Crippen molar-refractivity contribution in [2.24, 2.45) is 0 Å². The largest absolute Gasteiger partial charge is 0.481 e. The highest BCUT2D eigenvalue weighted by atomic mass is 16.5. The van der Waals surface area contributed by atoms with Crippen LogP contribution in [0.2, 0.25) is 0 Å². The van der Waals surface area contributed by atoms with Crippen LogP contribution in [0.4, 0.5) is 0 Å². The number of benzene rings is 1. The highest BCUT2D eigenvalue weighted by Gasteiger charge is 2.20. The summed E-state index contributed by atoms with van der Waals surface area (Å²) < 4.78 is 4.88. The highest BCUT2D eigenvalue weighted by molar-refractivity contribution is 6.02. The van der Waals surface area contributed by atoms with Crippen molar-refractivity contribution in [1.29, 1.82) is 0 Å². The molecule has 0 bridgehead atoms. The third-order valence-corrected chi connectivity index (χ3v) is 2.62. The fourth-order valence-corrected chi connectivity index (χ4v) is 1.78. The molecule has 0 atom stereocenters. The Bertz CT molecular complexity index is 505. The van der Waals surface area contributed by atoms with E-state index in [1.807, 2.05) is 0 Å². The van der Waals surface area contributed by atoms with Gasteiger partial charge in [0.25, 0.3) is 0 Å². The van der Waals surface area contributed by atoms with Crippen LogP contribution in [0.1, 0.15) is 46.5 Å². The van der Waals surface area contributed by atoms with Crippen LogP contribution in [0.3, 0.4) is 0 Å². The number of carboxylic acid groups (broad SMARTS) is 1. The van der Waals surface area contributed by atoms with E-state index in [4.69, 9.17) is 9.84 Å². The number of hydrogen-bond donors (Lipinski definition) is 1. The van der Waals surface area contributed by atoms with E-state index in [-0.39, 0.29) is 41.9 Å². The van der Waals surface area contributed by atoms with Gasteiger partial charge in [-0.2, -0.15) is 0 Å². The molecule has 5 heteroatoms. The monoisotopic (exact) mass is 264 g/mol. The average Bonchev–Trinajstić information content (AvgIpc) is 2.37. The first-order valence-electron chi connectivity index (χ1n) is 6.05. The van der Waals surface area contributed by atoms with Gasteiger partial charge in [-0.15, -0.1) is 0 Å². The molecule has 0 fully saturated rings. The summed E-state index contributed by atoms with van der Waals surface area (Å²) in [5.41, 5.74) is 0.638. The molecule has 0 unspecified atom stereocenters. The molecule has 0 spiro atoms. The molecule has 1 aromatic rings. The van der Waals surface area contributed by atoms with Gasteiger partial charge in [0.05, 0.1) is 18.6 Å². The van der Waals surface area contributed by atoms with Crippen LogP contribution in [0.15, 0.2) is 18.2 Å². The molecule has 102 valence electrons. The molecule has 0 heterocycles. The summed E-state index contributed by atoms with van der Waals surface area (Å²) in [6, 6.07) is 4.57. The van der Waals surface area contributed by atoms with Gasteiger partial charge in [0.1, 0.15) is 0 Å². The molecule has 19 heavy (non-hydrogen) atoms. The molecule has 0 aromatic heterocycles. The first-order valence-corrected chi connectivity index (χ1v) is 6.05. The normalized spacial score (nSPS) is 10.0. The molecule has 1 aromatic carbocycles. The molecule has 0 saturated heterocycles. The van der Waals surface area contributed by atoms with Crippen LogP contribution in [0, 0.1) is 0 Å². The maximum atomic E-state index is 11.8. The third kappa shape index (κ3) is 3.64. The minimum atomic E-state index is -1.10. The smallest absolute Gasteiger partial charge is 0.338 e. The van der Waals surface area contributed by atoms with Crippen molar-refractivity contribution in [2.45, 2.75) is 26.7 Å². The number of carbonyl (C=O) groups excluding carboxylic acids is 2. The van der Waals surface area contributed by atoms with Crippen LogP contribution in [0.5, 0.6) is 0 Å². The zero-order chi connectivity index (χ0) is 14.4. The molecule has 0 aliphatic heterocycles. The van der Waals surface area contributed by atoms with Gasteiger partial charge in [-0.25, -0.2) is 4.79 Å². The van der Waals surface area contributed by atoms with Gasteiger partial charge in [-0.1, -0.05) is 19.1 Å². The van der Waals surface area contributed by atoms with Gasteiger partial charge in [-0.3, -0.25) is 9.59 Å². The Balaban J connectivity index is 3.33. The first-order chi connectivity index (χ1) is 9.01. The van der Waals surface area contributed by atoms with Crippen molar-refractivity contribution in [2.75, 3.05) is 6.61 Å². The number of carbonyl (C=O) groups is 3. The van der Waals surface area contributed by atoms with Gasteiger partial charge in [0, 0.05) is 12.0 Å². The second-order valence-electron chi connectivity index (χ2n) is 3.90. The summed E-state index contributed by atoms with van der Waals surface area (Å²) in [6.07, 6.45) is -0.130. The Hall–Kier alpha value is -2.17. The number of hydrogen-bond acceptors (Lipinski definition) is 4. The molecule has 1 N–H and O–H groups in total. The number of Topliss-reactive ketones (excluding diaryl/α,β-unsaturated/α-hetero) is 1. The maximum Gasteiger partial charge on any atom is 0.338 e. The number of rotatable bonds is 6. The van der Waals surface area contributed by atoms with E-state index < -0.39 is 11.9 Å². The fourth-order valence-electron chi connectivity index (χ4n) is 1.78. The zero-order valence-corrected chi connectivity index (χ0v) is 10.9. The Labute approximate surface area is 111 Å². The molecule has 0 aliphatic rings. The molecular formula is C14H16O5. The van der Waals surface area contributed by atoms with Crippen molar-refractivity contribution < 1.29 is 24.2 Å². The van der Waals surface area contributed by atoms with Gasteiger partial charge < -0.3 is 9.84 Å². The van der Waals surface area contributed by atoms with Gasteiger partial charge in [0.15, 0.2) is 5.78 Å². The summed E-state index contributed by atoms with van der Waals surface area (Å²) >= 11 is 0. The van der Waals surface area contributed by atoms with E-state index in [1.54, 1.807) is 19.9 Å². The van der Waals surface area contributed by atoms with Crippen molar-refractivity contribution >= 4 is 17.7 Å². The zero-order valence-electron chi connectivity index (χ0n) is 10.9. The quantitative estimate of drug-likeness (QED) is 0.628. The fraction of sp³-hybridized carbons (Fsp3) is 0.357. The Morgan fingerprint density at radius 1 is 1.16 bits per heavy atom. The molecule has 1 rings (SSSR count). The topological polar surface area (TPSA) is 80.7 Å². The molecule has 5 nitrogen and oxygen atoms in total. The van der Waals surface area contributed by atoms with Crippen LogP contribution in [-0.2, 0) is 16.0 Å². The summed E-state index contributed by atoms with van der Waals surface area (Å²) in [7, 11) is 0. The second kappa shape index (κ2) is 6.68. The maximum absolute atomic E-state index is 11.8.